The third kappa shape index (κ3) is 3.65. The van der Waals surface area contributed by atoms with Gasteiger partial charge in [0.1, 0.15) is 12.2 Å². The third-order valence-electron chi connectivity index (χ3n) is 11.9. The number of carbonyl (C=O) groups is 2. The molecule has 5 aliphatic rings. The lowest BCUT2D eigenvalue weighted by molar-refractivity contribution is -0.209. The van der Waals surface area contributed by atoms with Crippen LogP contribution < -0.4 is 0 Å². The van der Waals surface area contributed by atoms with Gasteiger partial charge in [-0.3, -0.25) is 9.59 Å². The van der Waals surface area contributed by atoms with Gasteiger partial charge in [-0.1, -0.05) is 20.8 Å². The Morgan fingerprint density at radius 1 is 0.974 bits per heavy atom. The molecule has 0 radical (unpaired) electrons. The number of fused-ring (bicyclic) bond motifs is 5. The molecule has 4 fully saturated rings. The molecule has 0 aromatic rings. The Morgan fingerprint density at radius 2 is 1.63 bits per heavy atom. The van der Waals surface area contributed by atoms with E-state index in [1.807, 2.05) is 6.92 Å². The van der Waals surface area contributed by atoms with Crippen LogP contribution in [0.5, 0.6) is 0 Å². The molecule has 0 aromatic heterocycles. The second-order valence-corrected chi connectivity index (χ2v) is 13.8. The number of carbonyl (C=O) groups excluding carboxylic acids is 2. The quantitative estimate of drug-likeness (QED) is 0.288. The van der Waals surface area contributed by atoms with Crippen molar-refractivity contribution in [1.29, 1.82) is 0 Å². The first-order chi connectivity index (χ1) is 17.5. The highest BCUT2D eigenvalue weighted by Gasteiger charge is 2.71. The predicted octanol–water partition coefficient (Wildman–Crippen LogP) is 1.01. The number of esters is 1. The number of rotatable bonds is 4. The maximum Gasteiger partial charge on any atom is 0.309 e. The molecule has 214 valence electrons. The van der Waals surface area contributed by atoms with Crippen LogP contribution in [0.1, 0.15) is 79.1 Å². The fraction of sp³-hybridized carbons (Fsp3) is 0.862. The zero-order valence-corrected chi connectivity index (χ0v) is 22.9. The van der Waals surface area contributed by atoms with Gasteiger partial charge < -0.3 is 35.4 Å². The predicted molar refractivity (Wildman–Crippen MR) is 135 cm³/mol. The van der Waals surface area contributed by atoms with E-state index in [2.05, 4.69) is 0 Å². The van der Waals surface area contributed by atoms with E-state index >= 15 is 0 Å². The minimum Gasteiger partial charge on any atom is -0.463 e. The van der Waals surface area contributed by atoms with Gasteiger partial charge in [-0.25, -0.2) is 0 Å². The molecule has 1 heterocycles. The largest absolute Gasteiger partial charge is 0.463 e. The third-order valence-corrected chi connectivity index (χ3v) is 11.9. The summed E-state index contributed by atoms with van der Waals surface area (Å²) in [4.78, 5) is 25.5. The summed E-state index contributed by atoms with van der Waals surface area (Å²) in [5, 5.41) is 66.9. The van der Waals surface area contributed by atoms with Crippen LogP contribution in [-0.2, 0) is 14.3 Å². The summed E-state index contributed by atoms with van der Waals surface area (Å²) in [7, 11) is 0. The van der Waals surface area contributed by atoms with Gasteiger partial charge in [-0.05, 0) is 75.4 Å². The molecular weight excluding hydrogens is 492 g/mol. The van der Waals surface area contributed by atoms with Crippen molar-refractivity contribution in [2.45, 2.75) is 114 Å². The molecule has 9 heteroatoms. The van der Waals surface area contributed by atoms with E-state index in [0.29, 0.717) is 44.1 Å². The molecule has 0 spiro atoms. The van der Waals surface area contributed by atoms with Crippen molar-refractivity contribution in [3.05, 3.63) is 11.6 Å². The molecular formula is C29H44O9. The summed E-state index contributed by atoms with van der Waals surface area (Å²) >= 11 is 0. The highest BCUT2D eigenvalue weighted by Crippen LogP contribution is 2.69. The molecule has 1 saturated heterocycles. The van der Waals surface area contributed by atoms with Gasteiger partial charge in [0, 0.05) is 23.2 Å². The van der Waals surface area contributed by atoms with E-state index in [4.69, 9.17) is 4.74 Å². The molecule has 3 saturated carbocycles. The lowest BCUT2D eigenvalue weighted by atomic mass is 9.44. The van der Waals surface area contributed by atoms with Crippen LogP contribution >= 0.6 is 0 Å². The number of ether oxygens (including phenoxy) is 1. The highest BCUT2D eigenvalue weighted by molar-refractivity contribution is 6.00. The number of hydrogen-bond acceptors (Lipinski definition) is 9. The minimum absolute atomic E-state index is 0.0444. The van der Waals surface area contributed by atoms with E-state index in [9.17, 15) is 40.2 Å². The van der Waals surface area contributed by atoms with Crippen LogP contribution in [0.2, 0.25) is 0 Å². The zero-order chi connectivity index (χ0) is 28.1. The Kier molecular flexibility index (Phi) is 6.54. The molecule has 0 amide bonds. The molecule has 9 nitrogen and oxygen atoms in total. The lowest BCUT2D eigenvalue weighted by Gasteiger charge is -2.62. The second-order valence-electron chi connectivity index (χ2n) is 13.8. The van der Waals surface area contributed by atoms with E-state index < -0.39 is 57.6 Å². The van der Waals surface area contributed by atoms with Crippen molar-refractivity contribution in [3.63, 3.8) is 0 Å². The average molecular weight is 537 g/mol. The van der Waals surface area contributed by atoms with Crippen LogP contribution in [0, 0.1) is 34.5 Å². The van der Waals surface area contributed by atoms with Crippen LogP contribution in [-0.4, -0.2) is 84.1 Å². The Bertz CT molecular complexity index is 1040. The summed E-state index contributed by atoms with van der Waals surface area (Å²) in [6.07, 6.45) is 0.937. The Hall–Kier alpha value is -1.36. The fourth-order valence-corrected chi connectivity index (χ4v) is 9.36. The normalized spacial score (nSPS) is 52.3. The molecule has 6 N–H and O–H groups in total. The lowest BCUT2D eigenvalue weighted by Crippen LogP contribution is -2.69. The average Bonchev–Trinajstić information content (AvgIpc) is 3.12. The molecule has 38 heavy (non-hydrogen) atoms. The SMILES string of the molecule is C[C@@H]1C(=O)OC[C@H](O)[C@H]1CC[C@](C)(O)C1CCC2(O)C3=CC(=O)[C@]4(O)C[C@@H](O)[C@@H](O)C[C@]4(C)[C@H]3CC[C@]12C. The highest BCUT2D eigenvalue weighted by atomic mass is 16.5. The van der Waals surface area contributed by atoms with E-state index in [0.717, 1.165) is 0 Å². The van der Waals surface area contributed by atoms with Crippen molar-refractivity contribution in [3.8, 4) is 0 Å². The Labute approximate surface area is 223 Å². The van der Waals surface area contributed by atoms with E-state index in [-0.39, 0.29) is 43.2 Å². The smallest absolute Gasteiger partial charge is 0.309 e. The standard InChI is InChI=1S/C29H44O9/c1-15-16(21(32)14-38-24(15)34)5-9-27(4,35)22-7-10-28(36)18-11-23(33)29(37)13-20(31)19(30)12-26(29,3)17(18)6-8-25(22,28)2/h11,15-17,19-22,30-32,35-37H,5-10,12-14H2,1-4H3/t15-,16-,17-,19-,20+,21-,22?,25+,26+,27-,28?,29+/m0/s1. The molecule has 5 rings (SSSR count). The number of aliphatic hydroxyl groups excluding tert-OH is 3. The van der Waals surface area contributed by atoms with Crippen molar-refractivity contribution in [2.24, 2.45) is 34.5 Å². The summed E-state index contributed by atoms with van der Waals surface area (Å²) in [6, 6.07) is 0. The van der Waals surface area contributed by atoms with Crippen LogP contribution in [0.25, 0.3) is 0 Å². The molecule has 12 atom stereocenters. The first-order valence-corrected chi connectivity index (χ1v) is 14.2. The van der Waals surface area contributed by atoms with Crippen LogP contribution in [0.3, 0.4) is 0 Å². The van der Waals surface area contributed by atoms with Crippen molar-refractivity contribution in [2.75, 3.05) is 6.61 Å². The van der Waals surface area contributed by atoms with Gasteiger partial charge in [0.05, 0.1) is 35.4 Å². The summed E-state index contributed by atoms with van der Waals surface area (Å²) < 4.78 is 5.02. The Morgan fingerprint density at radius 3 is 2.32 bits per heavy atom. The topological polar surface area (TPSA) is 165 Å². The molecule has 4 aliphatic carbocycles. The first kappa shape index (κ1) is 28.2. The fourth-order valence-electron chi connectivity index (χ4n) is 9.36. The van der Waals surface area contributed by atoms with Gasteiger partial charge in [0.2, 0.25) is 0 Å². The summed E-state index contributed by atoms with van der Waals surface area (Å²) in [5.41, 5.74) is -5.58. The van der Waals surface area contributed by atoms with Crippen LogP contribution in [0.4, 0.5) is 0 Å². The monoisotopic (exact) mass is 536 g/mol. The maximum atomic E-state index is 13.4. The number of ketones is 1. The van der Waals surface area contributed by atoms with Crippen LogP contribution in [0.15, 0.2) is 11.6 Å². The van der Waals surface area contributed by atoms with Crippen molar-refractivity contribution < 1.29 is 45.0 Å². The maximum absolute atomic E-state index is 13.4. The summed E-state index contributed by atoms with van der Waals surface area (Å²) in [6.45, 7) is 7.21. The Balaban J connectivity index is 1.43. The minimum atomic E-state index is -1.81. The molecule has 1 aliphatic heterocycles. The van der Waals surface area contributed by atoms with Crippen molar-refractivity contribution >= 4 is 11.8 Å². The van der Waals surface area contributed by atoms with E-state index in [1.165, 1.54) is 6.08 Å². The second kappa shape index (κ2) is 8.82. The van der Waals surface area contributed by atoms with Gasteiger partial charge in [0.15, 0.2) is 5.78 Å². The zero-order valence-electron chi connectivity index (χ0n) is 22.9. The van der Waals surface area contributed by atoms with Gasteiger partial charge >= 0.3 is 5.97 Å². The van der Waals surface area contributed by atoms with Gasteiger partial charge in [-0.2, -0.15) is 0 Å². The molecule has 0 bridgehead atoms. The van der Waals surface area contributed by atoms with Crippen molar-refractivity contribution in [1.82, 2.24) is 0 Å². The van der Waals surface area contributed by atoms with E-state index in [1.54, 1.807) is 20.8 Å². The van der Waals surface area contributed by atoms with Gasteiger partial charge in [0.25, 0.3) is 0 Å². The number of aliphatic hydroxyl groups is 6. The van der Waals surface area contributed by atoms with Gasteiger partial charge in [-0.15, -0.1) is 0 Å². The molecule has 2 unspecified atom stereocenters. The molecule has 0 aromatic carbocycles. The first-order valence-electron chi connectivity index (χ1n) is 14.2. The summed E-state index contributed by atoms with van der Waals surface area (Å²) in [5.74, 6) is -2.33. The number of hydrogen-bond donors (Lipinski definition) is 6. The number of cyclic esters (lactones) is 1.